The van der Waals surface area contributed by atoms with Crippen LogP contribution in [0.3, 0.4) is 0 Å². The number of rotatable bonds is 16. The highest BCUT2D eigenvalue weighted by Crippen LogP contribution is 2.45. The first-order chi connectivity index (χ1) is 26.9. The average molecular weight is 764 g/mol. The van der Waals surface area contributed by atoms with Crippen LogP contribution in [0.2, 0.25) is 0 Å². The van der Waals surface area contributed by atoms with E-state index < -0.39 is 0 Å². The van der Waals surface area contributed by atoms with Gasteiger partial charge in [-0.25, -0.2) is 9.97 Å². The summed E-state index contributed by atoms with van der Waals surface area (Å²) in [6.07, 6.45) is 9.51. The van der Waals surface area contributed by atoms with Gasteiger partial charge in [0.15, 0.2) is 0 Å². The first-order valence-electron chi connectivity index (χ1n) is 21.0. The number of hydrogen-bond donors (Lipinski definition) is 2. The van der Waals surface area contributed by atoms with Crippen LogP contribution < -0.4 is 0 Å². The van der Waals surface area contributed by atoms with Gasteiger partial charge in [-0.3, -0.25) is 19.3 Å². The summed E-state index contributed by atoms with van der Waals surface area (Å²) < 4.78 is 11.6. The molecule has 1 unspecified atom stereocenters. The van der Waals surface area contributed by atoms with Crippen LogP contribution in [0, 0.1) is 6.92 Å². The Hall–Kier alpha value is -4.57. The number of imide groups is 1. The summed E-state index contributed by atoms with van der Waals surface area (Å²) in [5.41, 5.74) is 12.2. The van der Waals surface area contributed by atoms with Gasteiger partial charge in [0.05, 0.1) is 52.6 Å². The predicted octanol–water partition coefficient (Wildman–Crippen LogP) is 10.6. The topological polar surface area (TPSA) is 130 Å². The minimum atomic E-state index is -0.322. The van der Waals surface area contributed by atoms with Crippen molar-refractivity contribution in [1.82, 2.24) is 24.8 Å². The SMILES string of the molecule is CCCCCCOC(C)C1=C(C)c2cc3[nH]c(c4c5[nH]c(cc6nc(cc1n2)C(C)=C6CC)c(C)c5C(=O)N(CCCCCC)C4=O)[C@@H](CCC(=O)OC)[C@@H]3C. The maximum absolute atomic E-state index is 14.8. The van der Waals surface area contributed by atoms with Gasteiger partial charge in [0.25, 0.3) is 11.8 Å². The highest BCUT2D eigenvalue weighted by molar-refractivity contribution is 6.23. The van der Waals surface area contributed by atoms with Crippen LogP contribution in [0.15, 0.2) is 18.2 Å². The van der Waals surface area contributed by atoms with Gasteiger partial charge in [-0.05, 0) is 93.9 Å². The highest BCUT2D eigenvalue weighted by Gasteiger charge is 2.40. The molecule has 8 bridgehead atoms. The Kier molecular flexibility index (Phi) is 13.0. The van der Waals surface area contributed by atoms with Crippen molar-refractivity contribution in [2.24, 2.45) is 0 Å². The Morgan fingerprint density at radius 2 is 1.52 bits per heavy atom. The molecule has 0 fully saturated rings. The Labute approximate surface area is 332 Å². The second-order valence-corrected chi connectivity index (χ2v) is 15.9. The van der Waals surface area contributed by atoms with Gasteiger partial charge >= 0.3 is 5.97 Å². The molecule has 2 aromatic heterocycles. The predicted molar refractivity (Wildman–Crippen MR) is 224 cm³/mol. The number of H-pyrrole nitrogens is 2. The number of amides is 2. The molecule has 6 heterocycles. The number of hydrogen-bond acceptors (Lipinski definition) is 7. The maximum atomic E-state index is 14.8. The van der Waals surface area contributed by atoms with Gasteiger partial charge in [-0.15, -0.1) is 0 Å². The quantitative estimate of drug-likeness (QED) is 0.0989. The third-order valence-corrected chi connectivity index (χ3v) is 12.3. The number of nitrogens with one attached hydrogen (secondary N) is 2. The lowest BCUT2D eigenvalue weighted by molar-refractivity contribution is -0.140. The molecule has 2 N–H and O–H groups in total. The van der Waals surface area contributed by atoms with Crippen molar-refractivity contribution in [1.29, 1.82) is 0 Å². The summed E-state index contributed by atoms with van der Waals surface area (Å²) in [4.78, 5) is 60.9. The monoisotopic (exact) mass is 763 g/mol. The van der Waals surface area contributed by atoms with Crippen molar-refractivity contribution in [2.45, 2.75) is 144 Å². The number of carbonyl (C=O) groups excluding carboxylic acids is 3. The lowest BCUT2D eigenvalue weighted by Gasteiger charge is -2.27. The third-order valence-electron chi connectivity index (χ3n) is 12.3. The first-order valence-corrected chi connectivity index (χ1v) is 21.0. The van der Waals surface area contributed by atoms with Crippen LogP contribution in [0.4, 0.5) is 0 Å². The molecule has 56 heavy (non-hydrogen) atoms. The zero-order valence-electron chi connectivity index (χ0n) is 35.0. The molecule has 0 aromatic carbocycles. The largest absolute Gasteiger partial charge is 0.469 e. The van der Waals surface area contributed by atoms with Crippen molar-refractivity contribution >= 4 is 51.1 Å². The fourth-order valence-corrected chi connectivity index (χ4v) is 8.83. The van der Waals surface area contributed by atoms with Gasteiger partial charge in [0.1, 0.15) is 0 Å². The zero-order valence-corrected chi connectivity index (χ0v) is 35.0. The lowest BCUT2D eigenvalue weighted by atomic mass is 9.84. The van der Waals surface area contributed by atoms with Crippen molar-refractivity contribution < 1.29 is 23.9 Å². The summed E-state index contributed by atoms with van der Waals surface area (Å²) in [5.74, 6) is -1.23. The van der Waals surface area contributed by atoms with Crippen LogP contribution in [0.1, 0.15) is 191 Å². The molecule has 6 rings (SSSR count). The molecule has 10 heteroatoms. The molecule has 0 saturated carbocycles. The Morgan fingerprint density at radius 3 is 2.21 bits per heavy atom. The van der Waals surface area contributed by atoms with Crippen molar-refractivity contribution in [3.8, 4) is 0 Å². The van der Waals surface area contributed by atoms with Gasteiger partial charge in [0, 0.05) is 53.9 Å². The number of fused-ring (bicyclic) bond motifs is 8. The van der Waals surface area contributed by atoms with Gasteiger partial charge in [-0.1, -0.05) is 66.2 Å². The van der Waals surface area contributed by atoms with E-state index in [9.17, 15) is 14.4 Å². The smallest absolute Gasteiger partial charge is 0.305 e. The van der Waals surface area contributed by atoms with Crippen molar-refractivity contribution in [3.63, 3.8) is 0 Å². The Balaban J connectivity index is 1.65. The Bertz CT molecular complexity index is 2140. The van der Waals surface area contributed by atoms with E-state index in [0.29, 0.717) is 41.9 Å². The van der Waals surface area contributed by atoms with Crippen LogP contribution in [-0.4, -0.2) is 69.0 Å². The molecule has 0 saturated heterocycles. The van der Waals surface area contributed by atoms with Crippen molar-refractivity contribution in [2.75, 3.05) is 20.3 Å². The normalized spacial score (nSPS) is 17.9. The van der Waals surface area contributed by atoms with Crippen LogP contribution in [-0.2, 0) is 14.3 Å². The van der Waals surface area contributed by atoms with Gasteiger partial charge in [0.2, 0.25) is 0 Å². The molecule has 3 atom stereocenters. The van der Waals surface area contributed by atoms with Crippen LogP contribution in [0.25, 0.3) is 33.3 Å². The molecule has 300 valence electrons. The number of unbranched alkanes of at least 4 members (excludes halogenated alkanes) is 6. The summed E-state index contributed by atoms with van der Waals surface area (Å²) >= 11 is 0. The minimum Gasteiger partial charge on any atom is -0.469 e. The molecule has 0 spiro atoms. The van der Waals surface area contributed by atoms with E-state index in [1.165, 1.54) is 24.9 Å². The third kappa shape index (κ3) is 7.86. The molecule has 2 amide bonds. The molecule has 4 aliphatic rings. The molecular formula is C46H61N5O5. The first kappa shape index (κ1) is 41.1. The number of esters is 1. The van der Waals surface area contributed by atoms with E-state index in [-0.39, 0.29) is 42.1 Å². The van der Waals surface area contributed by atoms with E-state index in [4.69, 9.17) is 19.4 Å². The summed E-state index contributed by atoms with van der Waals surface area (Å²) in [6, 6.07) is 6.21. The molecule has 2 aromatic rings. The minimum absolute atomic E-state index is 0.0979. The second kappa shape index (κ2) is 17.7. The fourth-order valence-electron chi connectivity index (χ4n) is 8.83. The van der Waals surface area contributed by atoms with Crippen molar-refractivity contribution in [3.05, 3.63) is 69.1 Å². The summed E-state index contributed by atoms with van der Waals surface area (Å²) in [6.45, 7) is 17.9. The number of allylic oxidation sites excluding steroid dienone is 3. The summed E-state index contributed by atoms with van der Waals surface area (Å²) in [7, 11) is 1.40. The zero-order chi connectivity index (χ0) is 40.3. The number of carbonyl (C=O) groups is 3. The standard InChI is InChI=1S/C46H61N5O5/c1-10-13-15-17-21-51-45(53)41-29(7)36-24-37-31(12-3)26(4)33(47-37)25-38-40(30(8)56-22-18-16-14-11-2)28(6)35(48-38)23-34-27(5)32(19-20-39(52)55-9)43(49-34)42(46(51)54)44(41)50-36/h23-25,27,30,32,49-50H,10-22H2,1-9H3/t27-,30?,32-/m0/s1. The molecule has 0 aliphatic carbocycles. The molecule has 4 aliphatic heterocycles. The van der Waals surface area contributed by atoms with E-state index in [2.05, 4.69) is 70.6 Å². The molecule has 0 radical (unpaired) electrons. The van der Waals surface area contributed by atoms with Gasteiger partial charge in [-0.2, -0.15) is 0 Å². The number of nitrogens with zero attached hydrogens (tertiary/aromatic N) is 3. The number of aryl methyl sites for hydroxylation is 1. The summed E-state index contributed by atoms with van der Waals surface area (Å²) in [5, 5.41) is 0. The lowest BCUT2D eigenvalue weighted by Crippen LogP contribution is -2.41. The van der Waals surface area contributed by atoms with E-state index in [1.54, 1.807) is 0 Å². The number of methoxy groups -OCH3 is 1. The second-order valence-electron chi connectivity index (χ2n) is 15.9. The maximum Gasteiger partial charge on any atom is 0.305 e. The Morgan fingerprint density at radius 1 is 0.839 bits per heavy atom. The number of ether oxygens (including phenoxy) is 2. The van der Waals surface area contributed by atoms with E-state index in [0.717, 1.165) is 107 Å². The molecule has 10 nitrogen and oxygen atoms in total. The van der Waals surface area contributed by atoms with E-state index >= 15 is 0 Å². The number of aromatic amines is 2. The van der Waals surface area contributed by atoms with Gasteiger partial charge < -0.3 is 19.4 Å². The number of aromatic nitrogens is 4. The average Bonchev–Trinajstić information content (AvgIpc) is 3.86. The fraction of sp³-hybridized carbons (Fsp3) is 0.543. The highest BCUT2D eigenvalue weighted by atomic mass is 16.5. The van der Waals surface area contributed by atoms with Crippen LogP contribution in [0.5, 0.6) is 0 Å². The molecular weight excluding hydrogens is 703 g/mol. The van der Waals surface area contributed by atoms with Crippen LogP contribution >= 0.6 is 0 Å². The van der Waals surface area contributed by atoms with E-state index in [1.807, 2.05) is 13.0 Å².